The second kappa shape index (κ2) is 5.14. The van der Waals surface area contributed by atoms with E-state index in [-0.39, 0.29) is 5.97 Å². The van der Waals surface area contributed by atoms with Crippen molar-refractivity contribution in [1.29, 1.82) is 0 Å². The van der Waals surface area contributed by atoms with E-state index in [4.69, 9.17) is 9.26 Å². The van der Waals surface area contributed by atoms with Gasteiger partial charge in [0, 0.05) is 12.0 Å². The summed E-state index contributed by atoms with van der Waals surface area (Å²) in [6.45, 7) is 2.17. The Balaban J connectivity index is 2.23. The molecule has 1 heterocycles. The normalized spacial score (nSPS) is 16.1. The quantitative estimate of drug-likeness (QED) is 0.723. The summed E-state index contributed by atoms with van der Waals surface area (Å²) in [5.74, 6) is 0.524. The van der Waals surface area contributed by atoms with Crippen LogP contribution in [0.3, 0.4) is 0 Å². The topological polar surface area (TPSA) is 52.3 Å². The van der Waals surface area contributed by atoms with Gasteiger partial charge >= 0.3 is 5.97 Å². The first-order valence-electron chi connectivity index (χ1n) is 5.97. The average molecular weight is 223 g/mol. The number of carbonyl (C=O) groups is 1. The molecule has 0 aromatic carbocycles. The maximum atomic E-state index is 11.6. The Kier molecular flexibility index (Phi) is 3.59. The molecular weight excluding hydrogens is 206 g/mol. The van der Waals surface area contributed by atoms with Crippen molar-refractivity contribution in [2.75, 3.05) is 6.61 Å². The van der Waals surface area contributed by atoms with Gasteiger partial charge in [0.15, 0.2) is 5.69 Å². The third-order valence-corrected chi connectivity index (χ3v) is 2.92. The molecule has 2 rings (SSSR count). The van der Waals surface area contributed by atoms with E-state index < -0.39 is 0 Å². The molecule has 0 aliphatic heterocycles. The molecule has 0 atom stereocenters. The van der Waals surface area contributed by atoms with Gasteiger partial charge < -0.3 is 9.26 Å². The van der Waals surface area contributed by atoms with Gasteiger partial charge in [-0.3, -0.25) is 0 Å². The summed E-state index contributed by atoms with van der Waals surface area (Å²) in [6, 6.07) is 0. The summed E-state index contributed by atoms with van der Waals surface area (Å²) in [4.78, 5) is 11.6. The molecule has 1 aromatic heterocycles. The van der Waals surface area contributed by atoms with E-state index in [0.717, 1.165) is 37.0 Å². The van der Waals surface area contributed by atoms with Gasteiger partial charge in [0.05, 0.1) is 6.61 Å². The third kappa shape index (κ3) is 2.26. The number of nitrogens with zero attached hydrogens (tertiary/aromatic N) is 1. The lowest BCUT2D eigenvalue weighted by Crippen LogP contribution is -2.09. The Labute approximate surface area is 95.0 Å². The van der Waals surface area contributed by atoms with Crippen LogP contribution in [0.15, 0.2) is 4.52 Å². The van der Waals surface area contributed by atoms with Crippen molar-refractivity contribution >= 4 is 5.97 Å². The number of aryl methyl sites for hydroxylation is 1. The molecule has 88 valence electrons. The van der Waals surface area contributed by atoms with Gasteiger partial charge in [-0.05, 0) is 26.2 Å². The molecule has 0 N–H and O–H groups in total. The molecule has 0 amide bonds. The number of esters is 1. The summed E-state index contributed by atoms with van der Waals surface area (Å²) in [5.41, 5.74) is 1.36. The van der Waals surface area contributed by atoms with Gasteiger partial charge in [-0.1, -0.05) is 18.0 Å². The van der Waals surface area contributed by atoms with E-state index in [1.807, 2.05) is 0 Å². The van der Waals surface area contributed by atoms with Crippen LogP contribution in [-0.2, 0) is 17.6 Å². The van der Waals surface area contributed by atoms with E-state index in [1.165, 1.54) is 12.8 Å². The van der Waals surface area contributed by atoms with Crippen LogP contribution in [0.1, 0.15) is 54.4 Å². The van der Waals surface area contributed by atoms with Gasteiger partial charge in [0.25, 0.3) is 0 Å². The standard InChI is InChI=1S/C12H17NO3/c1-2-15-12(14)11-9-7-5-3-4-6-8-10(9)16-13-11/h2-8H2,1H3. The molecule has 0 radical (unpaired) electrons. The summed E-state index contributed by atoms with van der Waals surface area (Å²) in [6.07, 6.45) is 6.43. The molecule has 4 nitrogen and oxygen atoms in total. The molecule has 0 saturated heterocycles. The van der Waals surface area contributed by atoms with Gasteiger partial charge in [-0.25, -0.2) is 4.79 Å². The highest BCUT2D eigenvalue weighted by Gasteiger charge is 2.23. The van der Waals surface area contributed by atoms with Crippen molar-refractivity contribution in [3.63, 3.8) is 0 Å². The highest BCUT2D eigenvalue weighted by molar-refractivity contribution is 5.89. The lowest BCUT2D eigenvalue weighted by molar-refractivity contribution is 0.0513. The van der Waals surface area contributed by atoms with E-state index in [9.17, 15) is 4.79 Å². The molecule has 0 saturated carbocycles. The monoisotopic (exact) mass is 223 g/mol. The maximum absolute atomic E-state index is 11.6. The molecule has 0 spiro atoms. The molecule has 1 aromatic rings. The fourth-order valence-electron chi connectivity index (χ4n) is 2.10. The first-order chi connectivity index (χ1) is 7.83. The van der Waals surface area contributed by atoms with Crippen LogP contribution >= 0.6 is 0 Å². The fourth-order valence-corrected chi connectivity index (χ4v) is 2.10. The Morgan fingerprint density at radius 1 is 1.31 bits per heavy atom. The van der Waals surface area contributed by atoms with E-state index in [0.29, 0.717) is 12.3 Å². The number of carbonyl (C=O) groups excluding carboxylic acids is 1. The molecule has 0 unspecified atom stereocenters. The fraction of sp³-hybridized carbons (Fsp3) is 0.667. The minimum atomic E-state index is -0.354. The Morgan fingerprint density at radius 3 is 2.81 bits per heavy atom. The Morgan fingerprint density at radius 2 is 2.06 bits per heavy atom. The average Bonchev–Trinajstić information content (AvgIpc) is 2.60. The van der Waals surface area contributed by atoms with Crippen LogP contribution in [0.5, 0.6) is 0 Å². The number of fused-ring (bicyclic) bond motifs is 1. The number of rotatable bonds is 2. The minimum Gasteiger partial charge on any atom is -0.461 e. The largest absolute Gasteiger partial charge is 0.461 e. The predicted molar refractivity (Wildman–Crippen MR) is 58.3 cm³/mol. The van der Waals surface area contributed by atoms with E-state index >= 15 is 0 Å². The minimum absolute atomic E-state index is 0.354. The molecular formula is C12H17NO3. The zero-order chi connectivity index (χ0) is 11.4. The Bertz CT molecular complexity index is 370. The molecule has 1 aliphatic carbocycles. The Hall–Kier alpha value is -1.32. The maximum Gasteiger partial charge on any atom is 0.360 e. The zero-order valence-electron chi connectivity index (χ0n) is 9.62. The lowest BCUT2D eigenvalue weighted by Gasteiger charge is -2.07. The highest BCUT2D eigenvalue weighted by Crippen LogP contribution is 2.23. The second-order valence-electron chi connectivity index (χ2n) is 4.07. The van der Waals surface area contributed by atoms with E-state index in [2.05, 4.69) is 5.16 Å². The van der Waals surface area contributed by atoms with Gasteiger partial charge in [-0.15, -0.1) is 0 Å². The molecule has 0 bridgehead atoms. The van der Waals surface area contributed by atoms with Crippen molar-refractivity contribution in [1.82, 2.24) is 5.16 Å². The van der Waals surface area contributed by atoms with Crippen molar-refractivity contribution in [2.45, 2.75) is 45.4 Å². The summed E-state index contributed by atoms with van der Waals surface area (Å²) >= 11 is 0. The summed E-state index contributed by atoms with van der Waals surface area (Å²) < 4.78 is 10.2. The number of hydrogen-bond donors (Lipinski definition) is 0. The van der Waals surface area contributed by atoms with Crippen molar-refractivity contribution < 1.29 is 14.1 Å². The molecule has 4 heteroatoms. The van der Waals surface area contributed by atoms with Crippen molar-refractivity contribution in [3.05, 3.63) is 17.0 Å². The molecule has 1 aliphatic rings. The summed E-state index contributed by atoms with van der Waals surface area (Å²) in [5, 5.41) is 3.85. The van der Waals surface area contributed by atoms with Crippen molar-refractivity contribution in [2.24, 2.45) is 0 Å². The highest BCUT2D eigenvalue weighted by atomic mass is 16.5. The van der Waals surface area contributed by atoms with Crippen molar-refractivity contribution in [3.8, 4) is 0 Å². The van der Waals surface area contributed by atoms with Gasteiger partial charge in [-0.2, -0.15) is 0 Å². The first kappa shape index (κ1) is 11.2. The lowest BCUT2D eigenvalue weighted by atomic mass is 9.97. The molecule has 16 heavy (non-hydrogen) atoms. The first-order valence-corrected chi connectivity index (χ1v) is 5.97. The second-order valence-corrected chi connectivity index (χ2v) is 4.07. The van der Waals surface area contributed by atoms with Crippen LogP contribution in [-0.4, -0.2) is 17.7 Å². The number of ether oxygens (including phenoxy) is 1. The number of aromatic nitrogens is 1. The van der Waals surface area contributed by atoms with Crippen LogP contribution < -0.4 is 0 Å². The van der Waals surface area contributed by atoms with E-state index in [1.54, 1.807) is 6.92 Å². The van der Waals surface area contributed by atoms with Crippen LogP contribution in [0.4, 0.5) is 0 Å². The SMILES string of the molecule is CCOC(=O)c1noc2c1CCCCCC2. The van der Waals surface area contributed by atoms with Crippen LogP contribution in [0.2, 0.25) is 0 Å². The third-order valence-electron chi connectivity index (χ3n) is 2.92. The smallest absolute Gasteiger partial charge is 0.360 e. The molecule has 0 fully saturated rings. The summed E-state index contributed by atoms with van der Waals surface area (Å²) in [7, 11) is 0. The zero-order valence-corrected chi connectivity index (χ0v) is 9.62. The van der Waals surface area contributed by atoms with Gasteiger partial charge in [0.1, 0.15) is 5.76 Å². The predicted octanol–water partition coefficient (Wildman–Crippen LogP) is 2.51. The van der Waals surface area contributed by atoms with Gasteiger partial charge in [0.2, 0.25) is 0 Å². The van der Waals surface area contributed by atoms with Crippen LogP contribution in [0, 0.1) is 0 Å². The van der Waals surface area contributed by atoms with Crippen LogP contribution in [0.25, 0.3) is 0 Å². The number of hydrogen-bond acceptors (Lipinski definition) is 4.